The molecule has 0 saturated carbocycles. The lowest BCUT2D eigenvalue weighted by Gasteiger charge is -2.06. The maximum Gasteiger partial charge on any atom is 0.305 e. The van der Waals surface area contributed by atoms with Crippen LogP contribution in [-0.4, -0.2) is 39.0 Å². The Balaban J connectivity index is 3.07. The Morgan fingerprint density at radius 2 is 1.35 bits per heavy atom. The summed E-state index contributed by atoms with van der Waals surface area (Å²) >= 11 is 0. The van der Waals surface area contributed by atoms with Gasteiger partial charge in [0.2, 0.25) is 0 Å². The van der Waals surface area contributed by atoms with Crippen molar-refractivity contribution in [2.24, 2.45) is 0 Å². The average Bonchev–Trinajstić information content (AvgIpc) is 2.45. The highest BCUT2D eigenvalue weighted by Gasteiger charge is 2.01. The van der Waals surface area contributed by atoms with Crippen LogP contribution in [0.2, 0.25) is 0 Å². The highest BCUT2D eigenvalue weighted by atomic mass is 16.5. The van der Waals surface area contributed by atoms with Gasteiger partial charge in [-0.3, -0.25) is 4.79 Å². The maximum atomic E-state index is 11.3. The molecule has 0 aliphatic heterocycles. The van der Waals surface area contributed by atoms with Crippen molar-refractivity contribution in [3.05, 3.63) is 0 Å². The molecule has 0 aliphatic rings. The summed E-state index contributed by atoms with van der Waals surface area (Å²) in [6.07, 6.45) is 8.09. The molecule has 0 heterocycles. The second kappa shape index (κ2) is 16.4. The van der Waals surface area contributed by atoms with Crippen molar-refractivity contribution in [1.29, 1.82) is 0 Å². The van der Waals surface area contributed by atoms with Gasteiger partial charge in [-0.25, -0.2) is 0 Å². The number of hydrogen-bond donors (Lipinski definition) is 0. The summed E-state index contributed by atoms with van der Waals surface area (Å²) in [5, 5.41) is 0. The summed E-state index contributed by atoms with van der Waals surface area (Å²) in [5.41, 5.74) is 0. The zero-order chi connectivity index (χ0) is 14.9. The quantitative estimate of drug-likeness (QED) is 0.340. The lowest BCUT2D eigenvalue weighted by Crippen LogP contribution is -2.09. The van der Waals surface area contributed by atoms with Crippen molar-refractivity contribution in [3.8, 4) is 0 Å². The first-order valence-electron chi connectivity index (χ1n) is 8.12. The molecule has 0 saturated heterocycles. The minimum absolute atomic E-state index is 0.116. The van der Waals surface area contributed by atoms with Gasteiger partial charge in [-0.2, -0.15) is 0 Å². The van der Waals surface area contributed by atoms with Crippen molar-refractivity contribution in [2.45, 2.75) is 65.2 Å². The third-order valence-corrected chi connectivity index (χ3v) is 2.94. The number of hydrogen-bond acceptors (Lipinski definition) is 4. The molecular formula is C16H32O4. The fourth-order valence-electron chi connectivity index (χ4n) is 1.67. The lowest BCUT2D eigenvalue weighted by atomic mass is 10.2. The van der Waals surface area contributed by atoms with Crippen molar-refractivity contribution in [3.63, 3.8) is 0 Å². The third kappa shape index (κ3) is 15.4. The topological polar surface area (TPSA) is 44.8 Å². The summed E-state index contributed by atoms with van der Waals surface area (Å²) in [4.78, 5) is 11.3. The molecule has 4 nitrogen and oxygen atoms in total. The number of rotatable bonds is 15. The molecule has 0 aromatic rings. The van der Waals surface area contributed by atoms with Gasteiger partial charge in [-0.1, -0.05) is 39.5 Å². The van der Waals surface area contributed by atoms with Gasteiger partial charge >= 0.3 is 5.97 Å². The Kier molecular flexibility index (Phi) is 15.9. The fourth-order valence-corrected chi connectivity index (χ4v) is 1.67. The van der Waals surface area contributed by atoms with Crippen molar-refractivity contribution in [2.75, 3.05) is 33.0 Å². The molecule has 0 fully saturated rings. The van der Waals surface area contributed by atoms with Crippen LogP contribution in [0, 0.1) is 0 Å². The van der Waals surface area contributed by atoms with Crippen LogP contribution in [0.3, 0.4) is 0 Å². The van der Waals surface area contributed by atoms with Crippen LogP contribution in [0.15, 0.2) is 0 Å². The summed E-state index contributed by atoms with van der Waals surface area (Å²) in [5.74, 6) is -0.116. The van der Waals surface area contributed by atoms with Gasteiger partial charge in [0.05, 0.1) is 19.8 Å². The first-order chi connectivity index (χ1) is 9.81. The van der Waals surface area contributed by atoms with E-state index in [1.54, 1.807) is 0 Å². The molecule has 0 bridgehead atoms. The summed E-state index contributed by atoms with van der Waals surface area (Å²) in [6, 6.07) is 0. The largest absolute Gasteiger partial charge is 0.466 e. The summed E-state index contributed by atoms with van der Waals surface area (Å²) < 4.78 is 15.9. The molecule has 0 N–H and O–H groups in total. The van der Waals surface area contributed by atoms with Gasteiger partial charge in [-0.05, 0) is 19.3 Å². The Bertz CT molecular complexity index is 207. The summed E-state index contributed by atoms with van der Waals surface area (Å²) in [7, 11) is 0. The van der Waals surface area contributed by atoms with E-state index in [9.17, 15) is 4.79 Å². The minimum Gasteiger partial charge on any atom is -0.466 e. The number of ether oxygens (including phenoxy) is 3. The fraction of sp³-hybridized carbons (Fsp3) is 0.938. The first kappa shape index (κ1) is 19.4. The van der Waals surface area contributed by atoms with E-state index in [1.165, 1.54) is 19.3 Å². The summed E-state index contributed by atoms with van der Waals surface area (Å²) in [6.45, 7) is 7.50. The van der Waals surface area contributed by atoms with E-state index >= 15 is 0 Å². The molecule has 0 radical (unpaired) electrons. The normalized spacial score (nSPS) is 10.7. The van der Waals surface area contributed by atoms with E-state index in [0.29, 0.717) is 32.8 Å². The highest BCUT2D eigenvalue weighted by Crippen LogP contribution is 1.99. The molecule has 0 unspecified atom stereocenters. The third-order valence-electron chi connectivity index (χ3n) is 2.94. The van der Waals surface area contributed by atoms with Crippen LogP contribution in [0.5, 0.6) is 0 Å². The van der Waals surface area contributed by atoms with Crippen LogP contribution < -0.4 is 0 Å². The Morgan fingerprint density at radius 1 is 0.700 bits per heavy atom. The van der Waals surface area contributed by atoms with Gasteiger partial charge in [0.15, 0.2) is 0 Å². The van der Waals surface area contributed by atoms with E-state index in [2.05, 4.69) is 13.8 Å². The zero-order valence-corrected chi connectivity index (χ0v) is 13.3. The lowest BCUT2D eigenvalue weighted by molar-refractivity contribution is -0.144. The van der Waals surface area contributed by atoms with Gasteiger partial charge in [0, 0.05) is 19.6 Å². The molecular weight excluding hydrogens is 256 g/mol. The maximum absolute atomic E-state index is 11.3. The highest BCUT2D eigenvalue weighted by molar-refractivity contribution is 5.69. The molecule has 0 spiro atoms. The molecule has 120 valence electrons. The van der Waals surface area contributed by atoms with Gasteiger partial charge in [-0.15, -0.1) is 0 Å². The van der Waals surface area contributed by atoms with Crippen molar-refractivity contribution >= 4 is 5.97 Å². The smallest absolute Gasteiger partial charge is 0.305 e. The van der Waals surface area contributed by atoms with Gasteiger partial charge in [0.25, 0.3) is 0 Å². The molecule has 20 heavy (non-hydrogen) atoms. The Morgan fingerprint density at radius 3 is 2.00 bits per heavy atom. The molecule has 0 aromatic heterocycles. The van der Waals surface area contributed by atoms with Crippen LogP contribution in [0.1, 0.15) is 65.2 Å². The van der Waals surface area contributed by atoms with E-state index in [4.69, 9.17) is 14.2 Å². The number of carbonyl (C=O) groups excluding carboxylic acids is 1. The Hall–Kier alpha value is -0.610. The van der Waals surface area contributed by atoms with Crippen molar-refractivity contribution in [1.82, 2.24) is 0 Å². The molecule has 0 atom stereocenters. The van der Waals surface area contributed by atoms with E-state index < -0.39 is 0 Å². The first-order valence-corrected chi connectivity index (χ1v) is 8.12. The number of esters is 1. The molecule has 4 heteroatoms. The monoisotopic (exact) mass is 288 g/mol. The van der Waals surface area contributed by atoms with E-state index in [1.807, 2.05) is 0 Å². The molecule has 0 aromatic carbocycles. The SMILES string of the molecule is CCCCCCOCCOCCCC(=O)OCCCC. The standard InChI is InChI=1S/C16H32O4/c1-3-5-7-8-11-18-14-15-19-12-9-10-16(17)20-13-6-4-2/h3-15H2,1-2H3. The van der Waals surface area contributed by atoms with Crippen LogP contribution in [-0.2, 0) is 19.0 Å². The van der Waals surface area contributed by atoms with E-state index in [0.717, 1.165) is 32.3 Å². The number of carbonyl (C=O) groups is 1. The van der Waals surface area contributed by atoms with Crippen molar-refractivity contribution < 1.29 is 19.0 Å². The minimum atomic E-state index is -0.116. The van der Waals surface area contributed by atoms with E-state index in [-0.39, 0.29) is 5.97 Å². The number of unbranched alkanes of at least 4 members (excludes halogenated alkanes) is 4. The second-order valence-corrected chi connectivity index (χ2v) is 4.96. The molecule has 0 amide bonds. The predicted octanol–water partition coefficient (Wildman–Crippen LogP) is 3.72. The van der Waals surface area contributed by atoms with Crippen LogP contribution in [0.25, 0.3) is 0 Å². The van der Waals surface area contributed by atoms with Crippen LogP contribution >= 0.6 is 0 Å². The van der Waals surface area contributed by atoms with Gasteiger partial charge in [0.1, 0.15) is 0 Å². The van der Waals surface area contributed by atoms with Gasteiger partial charge < -0.3 is 14.2 Å². The second-order valence-electron chi connectivity index (χ2n) is 4.96. The predicted molar refractivity (Wildman–Crippen MR) is 80.9 cm³/mol. The Labute approximate surface area is 124 Å². The van der Waals surface area contributed by atoms with Crippen LogP contribution in [0.4, 0.5) is 0 Å². The zero-order valence-electron chi connectivity index (χ0n) is 13.3. The molecule has 0 aliphatic carbocycles. The molecule has 0 rings (SSSR count). The average molecular weight is 288 g/mol.